The molecular weight excluding hydrogens is 268 g/mol. The van der Waals surface area contributed by atoms with Gasteiger partial charge in [-0.2, -0.15) is 0 Å². The molecule has 3 atom stereocenters. The average Bonchev–Trinajstić information content (AvgIpc) is 2.94. The molecule has 2 heterocycles. The molecule has 2 aliphatic rings. The van der Waals surface area contributed by atoms with E-state index in [9.17, 15) is 0 Å². The van der Waals surface area contributed by atoms with Gasteiger partial charge in [0.15, 0.2) is 11.5 Å². The molecule has 2 N–H and O–H groups in total. The predicted molar refractivity (Wildman–Crippen MR) is 80.8 cm³/mol. The summed E-state index contributed by atoms with van der Waals surface area (Å²) in [7, 11) is 2.13. The molecule has 1 saturated heterocycles. The van der Waals surface area contributed by atoms with Crippen molar-refractivity contribution >= 4 is 0 Å². The van der Waals surface area contributed by atoms with Crippen LogP contribution >= 0.6 is 0 Å². The van der Waals surface area contributed by atoms with Crippen molar-refractivity contribution < 1.29 is 14.2 Å². The first-order valence-corrected chi connectivity index (χ1v) is 7.64. The van der Waals surface area contributed by atoms with Gasteiger partial charge in [0.25, 0.3) is 0 Å². The Kier molecular flexibility index (Phi) is 4.33. The molecule has 0 spiro atoms. The standard InChI is InChI=1S/C16H24N2O3/c1-11-13(5-6-19-11)18(2)14(10-17)12-3-4-15-16(9-12)21-8-7-20-15/h3-4,9,11,13-14H,5-8,10,17H2,1-2H3. The third-order valence-electron chi connectivity index (χ3n) is 4.53. The van der Waals surface area contributed by atoms with Crippen molar-refractivity contribution in [3.8, 4) is 11.5 Å². The van der Waals surface area contributed by atoms with E-state index in [1.807, 2.05) is 6.07 Å². The summed E-state index contributed by atoms with van der Waals surface area (Å²) in [5.41, 5.74) is 7.21. The van der Waals surface area contributed by atoms with Gasteiger partial charge in [0.1, 0.15) is 13.2 Å². The van der Waals surface area contributed by atoms with Crippen LogP contribution in [0, 0.1) is 0 Å². The molecular formula is C16H24N2O3. The first kappa shape index (κ1) is 14.6. The molecule has 0 radical (unpaired) electrons. The number of nitrogens with two attached hydrogens (primary N) is 1. The van der Waals surface area contributed by atoms with Crippen LogP contribution in [0.4, 0.5) is 0 Å². The Balaban J connectivity index is 1.82. The van der Waals surface area contributed by atoms with E-state index in [0.717, 1.165) is 24.5 Å². The Morgan fingerprint density at radius 2 is 2.00 bits per heavy atom. The summed E-state index contributed by atoms with van der Waals surface area (Å²) < 4.78 is 16.9. The highest BCUT2D eigenvalue weighted by Gasteiger charge is 2.32. The van der Waals surface area contributed by atoms with Crippen LogP contribution in [0.2, 0.25) is 0 Å². The van der Waals surface area contributed by atoms with Crippen LogP contribution < -0.4 is 15.2 Å². The molecule has 0 saturated carbocycles. The Labute approximate surface area is 126 Å². The molecule has 0 aliphatic carbocycles. The molecule has 116 valence electrons. The number of nitrogens with zero attached hydrogens (tertiary/aromatic N) is 1. The highest BCUT2D eigenvalue weighted by molar-refractivity contribution is 5.44. The van der Waals surface area contributed by atoms with Crippen LogP contribution in [0.5, 0.6) is 11.5 Å². The summed E-state index contributed by atoms with van der Waals surface area (Å²) in [5, 5.41) is 0. The predicted octanol–water partition coefficient (Wildman–Crippen LogP) is 1.57. The molecule has 2 aliphatic heterocycles. The molecule has 0 aromatic heterocycles. The van der Waals surface area contributed by atoms with Crippen LogP contribution in [-0.2, 0) is 4.74 Å². The summed E-state index contributed by atoms with van der Waals surface area (Å²) in [5.74, 6) is 1.64. The lowest BCUT2D eigenvalue weighted by molar-refractivity contribution is 0.0684. The van der Waals surface area contributed by atoms with Crippen molar-refractivity contribution in [3.05, 3.63) is 23.8 Å². The van der Waals surface area contributed by atoms with Gasteiger partial charge in [-0.3, -0.25) is 4.90 Å². The van der Waals surface area contributed by atoms with Crippen molar-refractivity contribution in [1.29, 1.82) is 0 Å². The SMILES string of the molecule is CC1OCCC1N(C)C(CN)c1ccc2c(c1)OCCO2. The Hall–Kier alpha value is -1.30. The second kappa shape index (κ2) is 6.22. The Bertz CT molecular complexity index is 494. The topological polar surface area (TPSA) is 57.0 Å². The fourth-order valence-corrected chi connectivity index (χ4v) is 3.29. The highest BCUT2D eigenvalue weighted by Crippen LogP contribution is 2.35. The summed E-state index contributed by atoms with van der Waals surface area (Å²) >= 11 is 0. The minimum atomic E-state index is 0.162. The van der Waals surface area contributed by atoms with Gasteiger partial charge >= 0.3 is 0 Å². The minimum absolute atomic E-state index is 0.162. The van der Waals surface area contributed by atoms with Crippen molar-refractivity contribution in [1.82, 2.24) is 4.90 Å². The third-order valence-corrected chi connectivity index (χ3v) is 4.53. The number of hydrogen-bond donors (Lipinski definition) is 1. The van der Waals surface area contributed by atoms with Crippen LogP contribution in [0.15, 0.2) is 18.2 Å². The Morgan fingerprint density at radius 3 is 2.67 bits per heavy atom. The molecule has 21 heavy (non-hydrogen) atoms. The van der Waals surface area contributed by atoms with Crippen LogP contribution in [0.25, 0.3) is 0 Å². The zero-order valence-corrected chi connectivity index (χ0v) is 12.7. The zero-order valence-electron chi connectivity index (χ0n) is 12.7. The van der Waals surface area contributed by atoms with E-state index in [-0.39, 0.29) is 12.1 Å². The Morgan fingerprint density at radius 1 is 1.24 bits per heavy atom. The van der Waals surface area contributed by atoms with E-state index in [2.05, 4.69) is 31.0 Å². The normalized spacial score (nSPS) is 26.1. The summed E-state index contributed by atoms with van der Waals surface area (Å²) in [4.78, 5) is 2.34. The molecule has 1 fully saturated rings. The first-order chi connectivity index (χ1) is 10.2. The van der Waals surface area contributed by atoms with E-state index in [4.69, 9.17) is 19.9 Å². The molecule has 3 rings (SSSR count). The van der Waals surface area contributed by atoms with Gasteiger partial charge in [0, 0.05) is 25.2 Å². The van der Waals surface area contributed by atoms with Gasteiger partial charge in [-0.15, -0.1) is 0 Å². The van der Waals surface area contributed by atoms with Crippen LogP contribution in [0.1, 0.15) is 24.9 Å². The molecule has 0 amide bonds. The lowest BCUT2D eigenvalue weighted by Gasteiger charge is -2.34. The van der Waals surface area contributed by atoms with E-state index >= 15 is 0 Å². The summed E-state index contributed by atoms with van der Waals surface area (Å²) in [6, 6.07) is 6.70. The van der Waals surface area contributed by atoms with Crippen molar-refractivity contribution in [2.24, 2.45) is 5.73 Å². The zero-order chi connectivity index (χ0) is 14.8. The molecule has 3 unspecified atom stereocenters. The van der Waals surface area contributed by atoms with Gasteiger partial charge in [-0.05, 0) is 38.1 Å². The number of ether oxygens (including phenoxy) is 3. The second-order valence-corrected chi connectivity index (χ2v) is 5.75. The maximum atomic E-state index is 6.04. The highest BCUT2D eigenvalue weighted by atomic mass is 16.6. The van der Waals surface area contributed by atoms with Gasteiger partial charge in [0.2, 0.25) is 0 Å². The third kappa shape index (κ3) is 2.86. The van der Waals surface area contributed by atoms with E-state index in [0.29, 0.717) is 25.8 Å². The smallest absolute Gasteiger partial charge is 0.161 e. The van der Waals surface area contributed by atoms with Crippen molar-refractivity contribution in [2.75, 3.05) is 33.4 Å². The average molecular weight is 292 g/mol. The molecule has 1 aromatic rings. The molecule has 1 aromatic carbocycles. The van der Waals surface area contributed by atoms with Crippen molar-refractivity contribution in [3.63, 3.8) is 0 Å². The number of fused-ring (bicyclic) bond motifs is 1. The van der Waals surface area contributed by atoms with Crippen LogP contribution in [-0.4, -0.2) is 50.5 Å². The maximum absolute atomic E-state index is 6.04. The molecule has 5 heteroatoms. The monoisotopic (exact) mass is 292 g/mol. The lowest BCUT2D eigenvalue weighted by atomic mass is 10.0. The van der Waals surface area contributed by atoms with E-state index < -0.39 is 0 Å². The lowest BCUT2D eigenvalue weighted by Crippen LogP contribution is -2.42. The molecule has 5 nitrogen and oxygen atoms in total. The number of hydrogen-bond acceptors (Lipinski definition) is 5. The summed E-state index contributed by atoms with van der Waals surface area (Å²) in [6.45, 7) is 4.75. The number of likely N-dealkylation sites (N-methyl/N-ethyl adjacent to an activating group) is 1. The van der Waals surface area contributed by atoms with Gasteiger partial charge in [0.05, 0.1) is 6.10 Å². The first-order valence-electron chi connectivity index (χ1n) is 7.64. The summed E-state index contributed by atoms with van der Waals surface area (Å²) in [6.07, 6.45) is 1.31. The van der Waals surface area contributed by atoms with Crippen molar-refractivity contribution in [2.45, 2.75) is 31.5 Å². The molecule has 0 bridgehead atoms. The fraction of sp³-hybridized carbons (Fsp3) is 0.625. The minimum Gasteiger partial charge on any atom is -0.486 e. The quantitative estimate of drug-likeness (QED) is 0.913. The van der Waals surface area contributed by atoms with E-state index in [1.54, 1.807) is 0 Å². The van der Waals surface area contributed by atoms with Gasteiger partial charge in [-0.1, -0.05) is 6.07 Å². The van der Waals surface area contributed by atoms with Gasteiger partial charge < -0.3 is 19.9 Å². The van der Waals surface area contributed by atoms with Crippen LogP contribution in [0.3, 0.4) is 0 Å². The number of rotatable bonds is 4. The van der Waals surface area contributed by atoms with E-state index in [1.165, 1.54) is 5.56 Å². The largest absolute Gasteiger partial charge is 0.486 e. The maximum Gasteiger partial charge on any atom is 0.161 e. The second-order valence-electron chi connectivity index (χ2n) is 5.75. The number of benzene rings is 1. The van der Waals surface area contributed by atoms with Gasteiger partial charge in [-0.25, -0.2) is 0 Å². The fourth-order valence-electron chi connectivity index (χ4n) is 3.29.